The lowest BCUT2D eigenvalue weighted by atomic mass is 10.0. The van der Waals surface area contributed by atoms with Crippen LogP contribution in [-0.2, 0) is 20.7 Å². The standard InChI is InChI=1S/C12H19N3O3S/c1-7(2)10(11(13)17)15-12-14-8(6-19-12)4-5-9(16)18-3/h6-7,10H,4-5H2,1-3H3,(H2,13,17)(H,14,15). The summed E-state index contributed by atoms with van der Waals surface area (Å²) in [7, 11) is 1.36. The van der Waals surface area contributed by atoms with Gasteiger partial charge in [0.2, 0.25) is 5.91 Å². The third kappa shape index (κ3) is 4.86. The molecule has 1 rings (SSSR count). The molecule has 0 fully saturated rings. The zero-order valence-electron chi connectivity index (χ0n) is 11.3. The van der Waals surface area contributed by atoms with Gasteiger partial charge in [0, 0.05) is 11.8 Å². The molecule has 0 aromatic carbocycles. The van der Waals surface area contributed by atoms with Gasteiger partial charge < -0.3 is 15.8 Å². The maximum Gasteiger partial charge on any atom is 0.305 e. The summed E-state index contributed by atoms with van der Waals surface area (Å²) >= 11 is 1.39. The van der Waals surface area contributed by atoms with Crippen LogP contribution in [0.3, 0.4) is 0 Å². The fourth-order valence-electron chi connectivity index (χ4n) is 1.52. The van der Waals surface area contributed by atoms with Gasteiger partial charge in [0.15, 0.2) is 5.13 Å². The number of hydrogen-bond donors (Lipinski definition) is 2. The SMILES string of the molecule is COC(=O)CCc1csc(NC(C(N)=O)C(C)C)n1. The zero-order valence-corrected chi connectivity index (χ0v) is 12.1. The number of nitrogens with zero attached hydrogens (tertiary/aromatic N) is 1. The summed E-state index contributed by atoms with van der Waals surface area (Å²) in [6, 6.07) is -0.445. The first-order chi connectivity index (χ1) is 8.93. The van der Waals surface area contributed by atoms with E-state index in [-0.39, 0.29) is 11.9 Å². The number of ether oxygens (including phenoxy) is 1. The number of nitrogens with one attached hydrogen (secondary N) is 1. The highest BCUT2D eigenvalue weighted by atomic mass is 32.1. The van der Waals surface area contributed by atoms with Gasteiger partial charge in [-0.2, -0.15) is 0 Å². The van der Waals surface area contributed by atoms with Gasteiger partial charge >= 0.3 is 5.97 Å². The van der Waals surface area contributed by atoms with E-state index in [1.54, 1.807) is 0 Å². The summed E-state index contributed by atoms with van der Waals surface area (Å²) in [4.78, 5) is 26.6. The largest absolute Gasteiger partial charge is 0.469 e. The van der Waals surface area contributed by atoms with Gasteiger partial charge in [0.25, 0.3) is 0 Å². The number of aryl methyl sites for hydroxylation is 1. The first-order valence-electron chi connectivity index (χ1n) is 6.01. The van der Waals surface area contributed by atoms with Crippen molar-refractivity contribution in [2.45, 2.75) is 32.7 Å². The molecule has 7 heteroatoms. The number of hydrogen-bond acceptors (Lipinski definition) is 6. The first-order valence-corrected chi connectivity index (χ1v) is 6.89. The number of primary amides is 1. The van der Waals surface area contributed by atoms with E-state index in [1.807, 2.05) is 19.2 Å². The molecule has 0 aliphatic carbocycles. The molecule has 1 atom stereocenters. The smallest absolute Gasteiger partial charge is 0.305 e. The summed E-state index contributed by atoms with van der Waals surface area (Å²) < 4.78 is 4.57. The van der Waals surface area contributed by atoms with Gasteiger partial charge in [-0.15, -0.1) is 11.3 Å². The molecule has 1 aromatic rings. The van der Waals surface area contributed by atoms with Crippen molar-refractivity contribution < 1.29 is 14.3 Å². The molecule has 0 saturated heterocycles. The number of thiazole rings is 1. The lowest BCUT2D eigenvalue weighted by Gasteiger charge is -2.17. The molecule has 1 amide bonds. The van der Waals surface area contributed by atoms with E-state index >= 15 is 0 Å². The van der Waals surface area contributed by atoms with E-state index in [0.717, 1.165) is 5.69 Å². The third-order valence-corrected chi connectivity index (χ3v) is 3.44. The van der Waals surface area contributed by atoms with Gasteiger partial charge in [-0.1, -0.05) is 13.8 Å². The molecule has 0 aliphatic heterocycles. The van der Waals surface area contributed by atoms with Crippen LogP contribution in [0.5, 0.6) is 0 Å². The molecule has 106 valence electrons. The average Bonchev–Trinajstić information content (AvgIpc) is 2.80. The predicted molar refractivity (Wildman–Crippen MR) is 73.9 cm³/mol. The van der Waals surface area contributed by atoms with Crippen LogP contribution in [0.4, 0.5) is 5.13 Å². The molecule has 6 nitrogen and oxygen atoms in total. The summed E-state index contributed by atoms with van der Waals surface area (Å²) in [5, 5.41) is 5.50. The Morgan fingerprint density at radius 1 is 1.53 bits per heavy atom. The first kappa shape index (κ1) is 15.4. The quantitative estimate of drug-likeness (QED) is 0.733. The minimum atomic E-state index is -0.445. The highest BCUT2D eigenvalue weighted by molar-refractivity contribution is 7.13. The molecule has 0 bridgehead atoms. The number of nitrogens with two attached hydrogens (primary N) is 1. The number of carbonyl (C=O) groups excluding carboxylic acids is 2. The predicted octanol–water partition coefficient (Wildman–Crippen LogP) is 1.17. The molecule has 1 aromatic heterocycles. The third-order valence-electron chi connectivity index (χ3n) is 2.62. The Kier molecular flexibility index (Phi) is 5.75. The van der Waals surface area contributed by atoms with Crippen LogP contribution in [0.1, 0.15) is 26.0 Å². The molecule has 19 heavy (non-hydrogen) atoms. The topological polar surface area (TPSA) is 94.3 Å². The summed E-state index contributed by atoms with van der Waals surface area (Å²) in [5.74, 6) is -0.582. The van der Waals surface area contributed by atoms with E-state index in [2.05, 4.69) is 15.0 Å². The molecule has 1 heterocycles. The monoisotopic (exact) mass is 285 g/mol. The van der Waals surface area contributed by atoms with Gasteiger partial charge in [-0.05, 0) is 5.92 Å². The highest BCUT2D eigenvalue weighted by Crippen LogP contribution is 2.19. The second-order valence-corrected chi connectivity index (χ2v) is 5.35. The summed E-state index contributed by atoms with van der Waals surface area (Å²) in [6.07, 6.45) is 0.816. The average molecular weight is 285 g/mol. The summed E-state index contributed by atoms with van der Waals surface area (Å²) in [5.41, 5.74) is 6.12. The van der Waals surface area contributed by atoms with Crippen molar-refractivity contribution in [2.24, 2.45) is 11.7 Å². The van der Waals surface area contributed by atoms with Crippen LogP contribution in [0, 0.1) is 5.92 Å². The van der Waals surface area contributed by atoms with E-state index < -0.39 is 11.9 Å². The Balaban J connectivity index is 2.59. The van der Waals surface area contributed by atoms with Crippen molar-refractivity contribution in [3.8, 4) is 0 Å². The number of esters is 1. The van der Waals surface area contributed by atoms with E-state index in [9.17, 15) is 9.59 Å². The zero-order chi connectivity index (χ0) is 14.4. The molecule has 0 saturated carbocycles. The van der Waals surface area contributed by atoms with Crippen LogP contribution in [-0.4, -0.2) is 30.0 Å². The van der Waals surface area contributed by atoms with E-state index in [0.29, 0.717) is 18.0 Å². The number of amides is 1. The van der Waals surface area contributed by atoms with Crippen molar-refractivity contribution in [3.05, 3.63) is 11.1 Å². The number of rotatable bonds is 7. The highest BCUT2D eigenvalue weighted by Gasteiger charge is 2.20. The minimum absolute atomic E-state index is 0.0833. The van der Waals surface area contributed by atoms with Gasteiger partial charge in [-0.3, -0.25) is 9.59 Å². The second kappa shape index (κ2) is 7.08. The Labute approximate surface area is 116 Å². The van der Waals surface area contributed by atoms with Crippen LogP contribution < -0.4 is 11.1 Å². The van der Waals surface area contributed by atoms with Gasteiger partial charge in [0.05, 0.1) is 19.2 Å². The maximum absolute atomic E-state index is 11.3. The maximum atomic E-state index is 11.3. The molecule has 1 unspecified atom stereocenters. The molecule has 0 radical (unpaired) electrons. The fraction of sp³-hybridized carbons (Fsp3) is 0.583. The number of anilines is 1. The van der Waals surface area contributed by atoms with Crippen LogP contribution in [0.2, 0.25) is 0 Å². The van der Waals surface area contributed by atoms with Crippen LogP contribution in [0.25, 0.3) is 0 Å². The molecular weight excluding hydrogens is 266 g/mol. The van der Waals surface area contributed by atoms with Crippen molar-refractivity contribution in [1.82, 2.24) is 4.98 Å². The van der Waals surface area contributed by atoms with E-state index in [4.69, 9.17) is 5.73 Å². The summed E-state index contributed by atoms with van der Waals surface area (Å²) in [6.45, 7) is 3.82. The lowest BCUT2D eigenvalue weighted by molar-refractivity contribution is -0.140. The molecular formula is C12H19N3O3S. The second-order valence-electron chi connectivity index (χ2n) is 4.49. The Morgan fingerprint density at radius 3 is 2.74 bits per heavy atom. The van der Waals surface area contributed by atoms with Crippen LogP contribution >= 0.6 is 11.3 Å². The normalized spacial score (nSPS) is 12.2. The number of carbonyl (C=O) groups is 2. The Bertz CT molecular complexity index is 445. The number of methoxy groups -OCH3 is 1. The molecule has 0 aliphatic rings. The van der Waals surface area contributed by atoms with E-state index in [1.165, 1.54) is 18.4 Å². The van der Waals surface area contributed by atoms with Crippen molar-refractivity contribution in [2.75, 3.05) is 12.4 Å². The Hall–Kier alpha value is -1.63. The van der Waals surface area contributed by atoms with Crippen molar-refractivity contribution in [1.29, 1.82) is 0 Å². The van der Waals surface area contributed by atoms with Gasteiger partial charge in [0.1, 0.15) is 6.04 Å². The molecule has 3 N–H and O–H groups in total. The number of aromatic nitrogens is 1. The van der Waals surface area contributed by atoms with Crippen molar-refractivity contribution >= 4 is 28.3 Å². The van der Waals surface area contributed by atoms with Crippen molar-refractivity contribution in [3.63, 3.8) is 0 Å². The van der Waals surface area contributed by atoms with Crippen LogP contribution in [0.15, 0.2) is 5.38 Å². The molecule has 0 spiro atoms. The fourth-order valence-corrected chi connectivity index (χ4v) is 2.30. The minimum Gasteiger partial charge on any atom is -0.469 e. The Morgan fingerprint density at radius 2 is 2.21 bits per heavy atom. The van der Waals surface area contributed by atoms with Gasteiger partial charge in [-0.25, -0.2) is 4.98 Å². The lowest BCUT2D eigenvalue weighted by Crippen LogP contribution is -2.39.